The molecule has 0 amide bonds. The molecule has 0 fully saturated rings. The van der Waals surface area contributed by atoms with Gasteiger partial charge in [-0.25, -0.2) is 0 Å². The van der Waals surface area contributed by atoms with Crippen LogP contribution in [-0.4, -0.2) is 27.0 Å². The molecule has 3 nitrogen and oxygen atoms in total. The Hall–Kier alpha value is -2.79. The van der Waals surface area contributed by atoms with Gasteiger partial charge in [0.25, 0.3) is 8.32 Å². The van der Waals surface area contributed by atoms with Crippen LogP contribution in [0.4, 0.5) is 0 Å². The van der Waals surface area contributed by atoms with Crippen LogP contribution in [0, 0.1) is 23.7 Å². The van der Waals surface area contributed by atoms with E-state index < -0.39 is 14.4 Å². The Morgan fingerprint density at radius 3 is 1.88 bits per heavy atom. The highest BCUT2D eigenvalue weighted by Gasteiger charge is 2.49. The molecule has 0 saturated carbocycles. The second-order valence-electron chi connectivity index (χ2n) is 9.35. The first-order valence-electron chi connectivity index (χ1n) is 12.2. The Morgan fingerprint density at radius 1 is 0.882 bits per heavy atom. The molecule has 0 bridgehead atoms. The predicted molar refractivity (Wildman–Crippen MR) is 143 cm³/mol. The van der Waals surface area contributed by atoms with E-state index in [4.69, 9.17) is 9.16 Å². The highest BCUT2D eigenvalue weighted by Crippen LogP contribution is 2.36. The summed E-state index contributed by atoms with van der Waals surface area (Å²) in [7, 11) is -2.57. The minimum Gasteiger partial charge on any atom is -0.437 e. The van der Waals surface area contributed by atoms with Crippen LogP contribution < -0.4 is 10.4 Å². The number of rotatable bonds is 9. The number of carbonyl (C=O) groups excluding carboxylic acids is 1. The normalized spacial score (nSPS) is 12.0. The molecule has 2 rings (SSSR count). The molecule has 0 aliphatic heterocycles. The second-order valence-corrected chi connectivity index (χ2v) is 13.7. The molecule has 0 aliphatic carbocycles. The lowest BCUT2D eigenvalue weighted by Gasteiger charge is -2.43. The van der Waals surface area contributed by atoms with Gasteiger partial charge in [0.15, 0.2) is 0 Å². The summed E-state index contributed by atoms with van der Waals surface area (Å²) in [4.78, 5) is 11.5. The molecule has 0 radical (unpaired) electrons. The number of carbonyl (C=O) groups is 1. The fourth-order valence-corrected chi connectivity index (χ4v) is 8.63. The van der Waals surface area contributed by atoms with E-state index in [0.717, 1.165) is 25.7 Å². The molecule has 4 heteroatoms. The largest absolute Gasteiger partial charge is 0.437 e. The van der Waals surface area contributed by atoms with Gasteiger partial charge in [0, 0.05) is 26.4 Å². The van der Waals surface area contributed by atoms with Crippen molar-refractivity contribution in [1.82, 2.24) is 0 Å². The third-order valence-corrected chi connectivity index (χ3v) is 10.7. The molecule has 0 N–H and O–H groups in total. The van der Waals surface area contributed by atoms with E-state index in [1.54, 1.807) is 0 Å². The third kappa shape index (κ3) is 7.91. The maximum Gasteiger partial charge on any atom is 0.304 e. The summed E-state index contributed by atoms with van der Waals surface area (Å²) >= 11 is 0. The van der Waals surface area contributed by atoms with Crippen LogP contribution in [0.1, 0.15) is 66.7 Å². The molecule has 34 heavy (non-hydrogen) atoms. The molecular weight excluding hydrogens is 436 g/mol. The zero-order chi connectivity index (χ0) is 24.9. The van der Waals surface area contributed by atoms with Crippen LogP contribution in [0.15, 0.2) is 60.7 Å². The average Bonchev–Trinajstić information content (AvgIpc) is 2.81. The molecule has 0 unspecified atom stereocenters. The monoisotopic (exact) mass is 474 g/mol. The molecule has 0 spiro atoms. The van der Waals surface area contributed by atoms with Gasteiger partial charge in [0.05, 0.1) is 0 Å². The second kappa shape index (κ2) is 13.8. The van der Waals surface area contributed by atoms with Gasteiger partial charge in [-0.2, -0.15) is 0 Å². The molecule has 2 aromatic carbocycles. The Kier molecular flexibility index (Phi) is 11.1. The lowest BCUT2D eigenvalue weighted by molar-refractivity contribution is -0.141. The van der Waals surface area contributed by atoms with Gasteiger partial charge in [-0.15, -0.1) is 0 Å². The Morgan fingerprint density at radius 2 is 1.41 bits per heavy atom. The van der Waals surface area contributed by atoms with Gasteiger partial charge in [-0.3, -0.25) is 4.79 Å². The summed E-state index contributed by atoms with van der Waals surface area (Å²) in [5.41, 5.74) is 0. The number of benzene rings is 2. The van der Waals surface area contributed by atoms with E-state index in [1.165, 1.54) is 17.3 Å². The minimum absolute atomic E-state index is 0.0760. The van der Waals surface area contributed by atoms with Crippen molar-refractivity contribution in [3.8, 4) is 23.7 Å². The molecular formula is C30H38O3Si. The van der Waals surface area contributed by atoms with E-state index in [0.29, 0.717) is 13.0 Å². The first kappa shape index (κ1) is 27.5. The van der Waals surface area contributed by atoms with Crippen molar-refractivity contribution in [3.05, 3.63) is 60.7 Å². The number of unbranched alkanes of at least 4 members (excludes halogenated alkanes) is 3. The van der Waals surface area contributed by atoms with Crippen molar-refractivity contribution in [3.63, 3.8) is 0 Å². The first-order valence-corrected chi connectivity index (χ1v) is 14.1. The Balaban J connectivity index is 2.20. The van der Waals surface area contributed by atoms with Gasteiger partial charge >= 0.3 is 5.97 Å². The van der Waals surface area contributed by atoms with Crippen LogP contribution in [0.2, 0.25) is 5.04 Å². The summed E-state index contributed by atoms with van der Waals surface area (Å²) in [6.45, 7) is 10.8. The third-order valence-electron chi connectivity index (χ3n) is 5.62. The van der Waals surface area contributed by atoms with Crippen LogP contribution in [0.25, 0.3) is 0 Å². The SMILES string of the molecule is CCCCCC#C[C@@H](C#CCCO[Si](c1ccccc1)(c1ccccc1)C(C)(C)C)OC(C)=O. The summed E-state index contributed by atoms with van der Waals surface area (Å²) < 4.78 is 12.1. The van der Waals surface area contributed by atoms with E-state index in [2.05, 4.69) is 99.9 Å². The van der Waals surface area contributed by atoms with Crippen molar-refractivity contribution in [2.24, 2.45) is 0 Å². The quantitative estimate of drug-likeness (QED) is 0.209. The van der Waals surface area contributed by atoms with Gasteiger partial charge in [-0.1, -0.05) is 113 Å². The molecule has 2 aromatic rings. The molecule has 180 valence electrons. The van der Waals surface area contributed by atoms with Crippen molar-refractivity contribution in [1.29, 1.82) is 0 Å². The number of ether oxygens (including phenoxy) is 1. The number of hydrogen-bond donors (Lipinski definition) is 0. The fourth-order valence-electron chi connectivity index (χ4n) is 4.07. The standard InChI is InChI=1S/C30H38O3Si/c1-6-7-8-9-12-19-27(33-26(2)31)20-17-18-25-32-34(30(3,4)5,28-21-13-10-14-22-28)29-23-15-11-16-24-29/h10-11,13-16,21-24,27H,6-9,18,25H2,1-5H3/t27-/m0/s1. The predicted octanol–water partition coefficient (Wildman–Crippen LogP) is 5.47. The molecule has 0 saturated heterocycles. The van der Waals surface area contributed by atoms with Crippen molar-refractivity contribution >= 4 is 24.7 Å². The van der Waals surface area contributed by atoms with Crippen molar-refractivity contribution < 1.29 is 14.0 Å². The van der Waals surface area contributed by atoms with Gasteiger partial charge < -0.3 is 9.16 Å². The van der Waals surface area contributed by atoms with Gasteiger partial charge in [0.2, 0.25) is 6.10 Å². The molecule has 0 aliphatic rings. The van der Waals surface area contributed by atoms with E-state index in [1.807, 2.05) is 12.1 Å². The molecule has 0 heterocycles. The van der Waals surface area contributed by atoms with Crippen LogP contribution in [-0.2, 0) is 14.0 Å². The highest BCUT2D eigenvalue weighted by molar-refractivity contribution is 6.99. The van der Waals surface area contributed by atoms with E-state index in [-0.39, 0.29) is 11.0 Å². The summed E-state index contributed by atoms with van der Waals surface area (Å²) in [6.07, 6.45) is 4.00. The zero-order valence-electron chi connectivity index (χ0n) is 21.3. The molecule has 0 aromatic heterocycles. The summed E-state index contributed by atoms with van der Waals surface area (Å²) in [6, 6.07) is 21.1. The van der Waals surface area contributed by atoms with E-state index >= 15 is 0 Å². The van der Waals surface area contributed by atoms with Gasteiger partial charge in [0.1, 0.15) is 0 Å². The maximum atomic E-state index is 11.5. The molecule has 1 atom stereocenters. The Labute approximate surface area is 207 Å². The van der Waals surface area contributed by atoms with Crippen molar-refractivity contribution in [2.75, 3.05) is 6.61 Å². The fraction of sp³-hybridized carbons (Fsp3) is 0.433. The smallest absolute Gasteiger partial charge is 0.304 e. The topological polar surface area (TPSA) is 35.5 Å². The van der Waals surface area contributed by atoms with Crippen LogP contribution in [0.3, 0.4) is 0 Å². The summed E-state index contributed by atoms with van der Waals surface area (Å²) in [5, 5.41) is 2.42. The average molecular weight is 475 g/mol. The minimum atomic E-state index is -2.57. The van der Waals surface area contributed by atoms with Crippen LogP contribution in [0.5, 0.6) is 0 Å². The lowest BCUT2D eigenvalue weighted by Crippen LogP contribution is -2.66. The van der Waals surface area contributed by atoms with Crippen molar-refractivity contribution in [2.45, 2.75) is 77.9 Å². The Bertz CT molecular complexity index is 962. The lowest BCUT2D eigenvalue weighted by atomic mass is 10.2. The number of esters is 1. The van der Waals surface area contributed by atoms with Crippen LogP contribution >= 0.6 is 0 Å². The van der Waals surface area contributed by atoms with Gasteiger partial charge in [-0.05, 0) is 33.7 Å². The zero-order valence-corrected chi connectivity index (χ0v) is 22.3. The van der Waals surface area contributed by atoms with E-state index in [9.17, 15) is 4.79 Å². The number of hydrogen-bond acceptors (Lipinski definition) is 3. The summed E-state index contributed by atoms with van der Waals surface area (Å²) in [5.74, 6) is 11.9. The first-order chi connectivity index (χ1) is 16.3. The maximum absolute atomic E-state index is 11.5. The highest BCUT2D eigenvalue weighted by atomic mass is 28.4.